The van der Waals surface area contributed by atoms with Crippen molar-refractivity contribution in [3.63, 3.8) is 0 Å². The predicted molar refractivity (Wildman–Crippen MR) is 83.6 cm³/mol. The fourth-order valence-electron chi connectivity index (χ4n) is 2.92. The molecule has 0 radical (unpaired) electrons. The van der Waals surface area contributed by atoms with Gasteiger partial charge in [0, 0.05) is 11.7 Å². The van der Waals surface area contributed by atoms with Crippen LogP contribution in [-0.4, -0.2) is 22.6 Å². The zero-order valence-corrected chi connectivity index (χ0v) is 12.4. The Morgan fingerprint density at radius 3 is 2.45 bits per heavy atom. The van der Waals surface area contributed by atoms with Crippen molar-refractivity contribution in [2.45, 2.75) is 25.8 Å². The molecular weight excluding hydrogens is 274 g/mol. The Kier molecular flexibility index (Phi) is 4.68. The van der Waals surface area contributed by atoms with Gasteiger partial charge >= 0.3 is 5.69 Å². The molecule has 2 N–H and O–H groups in total. The number of aromatic nitrogens is 2. The third kappa shape index (κ3) is 2.67. The summed E-state index contributed by atoms with van der Waals surface area (Å²) < 4.78 is 1.93. The summed E-state index contributed by atoms with van der Waals surface area (Å²) in [5, 5.41) is 3.34. The number of halogens is 1. The topological polar surface area (TPSA) is 49.8 Å². The number of nitrogens with zero attached hydrogens (tertiary/aromatic N) is 1. The van der Waals surface area contributed by atoms with Crippen molar-refractivity contribution in [2.24, 2.45) is 0 Å². The first-order valence-corrected chi connectivity index (χ1v) is 6.84. The average molecular weight is 294 g/mol. The van der Waals surface area contributed by atoms with Crippen LogP contribution in [0.2, 0.25) is 0 Å². The molecule has 108 valence electrons. The fourth-order valence-corrected chi connectivity index (χ4v) is 2.92. The van der Waals surface area contributed by atoms with Crippen LogP contribution in [0.3, 0.4) is 0 Å². The van der Waals surface area contributed by atoms with Crippen LogP contribution in [-0.2, 0) is 0 Å². The normalized spacial score (nSPS) is 15.8. The summed E-state index contributed by atoms with van der Waals surface area (Å²) in [5.74, 6) is 0. The first kappa shape index (κ1) is 14.9. The molecule has 1 aliphatic heterocycles. The monoisotopic (exact) mass is 293 g/mol. The standard InChI is InChI=1S/C15H19N3O.ClH/c1-11-14(12-5-3-2-4-6-12)17-15(19)18(11)13-7-9-16-10-8-13;/h2-6,13,16H,7-10H2,1H3,(H,17,19);1H. The smallest absolute Gasteiger partial charge is 0.317 e. The number of benzene rings is 1. The van der Waals surface area contributed by atoms with Gasteiger partial charge in [-0.1, -0.05) is 30.3 Å². The molecule has 0 bridgehead atoms. The molecule has 2 heterocycles. The summed E-state index contributed by atoms with van der Waals surface area (Å²) in [4.78, 5) is 15.2. The van der Waals surface area contributed by atoms with E-state index in [1.165, 1.54) is 0 Å². The lowest BCUT2D eigenvalue weighted by molar-refractivity contribution is 0.357. The van der Waals surface area contributed by atoms with E-state index in [0.29, 0.717) is 6.04 Å². The van der Waals surface area contributed by atoms with Crippen LogP contribution in [0, 0.1) is 6.92 Å². The lowest BCUT2D eigenvalue weighted by Gasteiger charge is -2.24. The van der Waals surface area contributed by atoms with Gasteiger partial charge in [-0.2, -0.15) is 0 Å². The maximum atomic E-state index is 12.2. The summed E-state index contributed by atoms with van der Waals surface area (Å²) in [6.07, 6.45) is 2.04. The van der Waals surface area contributed by atoms with Crippen LogP contribution in [0.5, 0.6) is 0 Å². The van der Waals surface area contributed by atoms with E-state index in [4.69, 9.17) is 0 Å². The van der Waals surface area contributed by atoms with Crippen molar-refractivity contribution in [1.82, 2.24) is 14.9 Å². The highest BCUT2D eigenvalue weighted by Gasteiger charge is 2.21. The minimum absolute atomic E-state index is 0. The molecule has 1 saturated heterocycles. The van der Waals surface area contributed by atoms with E-state index < -0.39 is 0 Å². The van der Waals surface area contributed by atoms with Crippen LogP contribution < -0.4 is 11.0 Å². The Morgan fingerprint density at radius 1 is 1.15 bits per heavy atom. The maximum Gasteiger partial charge on any atom is 0.326 e. The summed E-state index contributed by atoms with van der Waals surface area (Å²) in [6.45, 7) is 4.01. The molecule has 1 aromatic heterocycles. The number of nitrogens with one attached hydrogen (secondary N) is 2. The van der Waals surface area contributed by atoms with E-state index in [0.717, 1.165) is 42.9 Å². The van der Waals surface area contributed by atoms with Gasteiger partial charge in [0.05, 0.1) is 5.69 Å². The number of rotatable bonds is 2. The number of piperidine rings is 1. The molecule has 3 rings (SSSR count). The van der Waals surface area contributed by atoms with E-state index >= 15 is 0 Å². The zero-order valence-electron chi connectivity index (χ0n) is 11.6. The van der Waals surface area contributed by atoms with Crippen LogP contribution >= 0.6 is 12.4 Å². The van der Waals surface area contributed by atoms with Crippen molar-refractivity contribution in [2.75, 3.05) is 13.1 Å². The van der Waals surface area contributed by atoms with Crippen molar-refractivity contribution in [1.29, 1.82) is 0 Å². The van der Waals surface area contributed by atoms with Crippen molar-refractivity contribution in [3.05, 3.63) is 46.5 Å². The lowest BCUT2D eigenvalue weighted by Crippen LogP contribution is -2.33. The molecule has 1 aliphatic rings. The van der Waals surface area contributed by atoms with Crippen molar-refractivity contribution in [3.8, 4) is 11.3 Å². The number of hydrogen-bond acceptors (Lipinski definition) is 2. The van der Waals surface area contributed by atoms with Crippen LogP contribution in [0.15, 0.2) is 35.1 Å². The van der Waals surface area contributed by atoms with Crippen LogP contribution in [0.25, 0.3) is 11.3 Å². The van der Waals surface area contributed by atoms with Crippen molar-refractivity contribution < 1.29 is 0 Å². The van der Waals surface area contributed by atoms with Gasteiger partial charge in [-0.25, -0.2) is 4.79 Å². The largest absolute Gasteiger partial charge is 0.326 e. The molecule has 0 aliphatic carbocycles. The lowest BCUT2D eigenvalue weighted by atomic mass is 10.1. The molecule has 0 spiro atoms. The Morgan fingerprint density at radius 2 is 1.80 bits per heavy atom. The van der Waals surface area contributed by atoms with Crippen molar-refractivity contribution >= 4 is 12.4 Å². The first-order chi connectivity index (χ1) is 9.27. The molecule has 1 fully saturated rings. The van der Waals surface area contributed by atoms with Gasteiger partial charge in [0.2, 0.25) is 0 Å². The molecule has 2 aromatic rings. The Labute approximate surface area is 124 Å². The molecule has 1 aromatic carbocycles. The van der Waals surface area contributed by atoms with E-state index in [9.17, 15) is 4.79 Å². The number of aromatic amines is 1. The quantitative estimate of drug-likeness (QED) is 0.894. The molecule has 0 amide bonds. The molecule has 20 heavy (non-hydrogen) atoms. The Balaban J connectivity index is 0.00000147. The van der Waals surface area contributed by atoms with Gasteiger partial charge in [0.25, 0.3) is 0 Å². The maximum absolute atomic E-state index is 12.2. The van der Waals surface area contributed by atoms with Gasteiger partial charge in [-0.05, 0) is 38.4 Å². The highest BCUT2D eigenvalue weighted by Crippen LogP contribution is 2.24. The Hall–Kier alpha value is -1.52. The van der Waals surface area contributed by atoms with Gasteiger partial charge in [-0.15, -0.1) is 12.4 Å². The number of imidazole rings is 1. The van der Waals surface area contributed by atoms with Gasteiger partial charge in [0.15, 0.2) is 0 Å². The van der Waals surface area contributed by atoms with E-state index in [1.54, 1.807) is 0 Å². The Bertz CT molecular complexity index is 612. The fraction of sp³-hybridized carbons (Fsp3) is 0.400. The average Bonchev–Trinajstić information content (AvgIpc) is 2.76. The van der Waals surface area contributed by atoms with E-state index in [2.05, 4.69) is 10.3 Å². The highest BCUT2D eigenvalue weighted by atomic mass is 35.5. The van der Waals surface area contributed by atoms with Crippen LogP contribution in [0.1, 0.15) is 24.6 Å². The first-order valence-electron chi connectivity index (χ1n) is 6.84. The molecule has 4 nitrogen and oxygen atoms in total. The molecule has 0 atom stereocenters. The number of H-pyrrole nitrogens is 1. The summed E-state index contributed by atoms with van der Waals surface area (Å²) >= 11 is 0. The molecule has 0 saturated carbocycles. The van der Waals surface area contributed by atoms with E-state index in [1.807, 2.05) is 41.8 Å². The van der Waals surface area contributed by atoms with Crippen LogP contribution in [0.4, 0.5) is 0 Å². The predicted octanol–water partition coefficient (Wildman–Crippen LogP) is 2.50. The highest BCUT2D eigenvalue weighted by molar-refractivity contribution is 5.85. The molecule has 5 heteroatoms. The minimum atomic E-state index is 0. The summed E-state index contributed by atoms with van der Waals surface area (Å²) in [6, 6.07) is 10.4. The van der Waals surface area contributed by atoms with Gasteiger partial charge in [0.1, 0.15) is 0 Å². The second-order valence-corrected chi connectivity index (χ2v) is 5.11. The molecular formula is C15H20ClN3O. The van der Waals surface area contributed by atoms with Gasteiger partial charge in [-0.3, -0.25) is 4.57 Å². The SMILES string of the molecule is Cc1c(-c2ccccc2)[nH]c(=O)n1C1CCNCC1.Cl. The zero-order chi connectivity index (χ0) is 13.2. The van der Waals surface area contributed by atoms with Gasteiger partial charge < -0.3 is 10.3 Å². The summed E-state index contributed by atoms with van der Waals surface area (Å²) in [5.41, 5.74) is 3.08. The second kappa shape index (κ2) is 6.29. The number of hydrogen-bond donors (Lipinski definition) is 2. The molecule has 0 unspecified atom stereocenters. The van der Waals surface area contributed by atoms with E-state index in [-0.39, 0.29) is 18.1 Å². The second-order valence-electron chi connectivity index (χ2n) is 5.11. The third-order valence-corrected chi connectivity index (χ3v) is 3.91. The minimum Gasteiger partial charge on any atom is -0.317 e. The summed E-state index contributed by atoms with van der Waals surface area (Å²) in [7, 11) is 0. The third-order valence-electron chi connectivity index (χ3n) is 3.91.